The predicted octanol–water partition coefficient (Wildman–Crippen LogP) is 4.74. The number of Topliss-reactive ketones (excluding diaryl/α,β-unsaturated/α-hetero) is 1. The Hall–Kier alpha value is -4.13. The number of carbonyl (C=O) groups is 2. The molecule has 1 amide bonds. The van der Waals surface area contributed by atoms with Crippen molar-refractivity contribution in [1.82, 2.24) is 0 Å². The minimum atomic E-state index is -1.62. The molecule has 1 N–H and O–H groups in total. The van der Waals surface area contributed by atoms with Crippen LogP contribution in [0.4, 0.5) is 5.69 Å². The highest BCUT2D eigenvalue weighted by Crippen LogP contribution is 2.50. The molecule has 5 rings (SSSR count). The van der Waals surface area contributed by atoms with Gasteiger partial charge in [0, 0.05) is 28.4 Å². The van der Waals surface area contributed by atoms with Crippen LogP contribution in [-0.4, -0.2) is 31.6 Å². The highest BCUT2D eigenvalue weighted by atomic mass is 16.7. The van der Waals surface area contributed by atoms with Gasteiger partial charge in [-0.15, -0.1) is 0 Å². The number of hydrogen-bond acceptors (Lipinski definition) is 6. The number of nitrogens with one attached hydrogen (secondary N) is 1. The van der Waals surface area contributed by atoms with E-state index < -0.39 is 17.4 Å². The lowest BCUT2D eigenvalue weighted by Gasteiger charge is -2.27. The molecular weight excluding hydrogens is 444 g/mol. The summed E-state index contributed by atoms with van der Waals surface area (Å²) in [5, 5.41) is 7.21. The fourth-order valence-electron chi connectivity index (χ4n) is 4.86. The first kappa shape index (κ1) is 22.7. The quantitative estimate of drug-likeness (QED) is 0.504. The van der Waals surface area contributed by atoms with E-state index in [4.69, 9.17) is 14.3 Å². The maximum Gasteiger partial charge on any atom is 0.277 e. The smallest absolute Gasteiger partial charge is 0.277 e. The van der Waals surface area contributed by atoms with E-state index in [1.165, 1.54) is 7.11 Å². The van der Waals surface area contributed by atoms with E-state index in [2.05, 4.69) is 17.4 Å². The molecule has 0 radical (unpaired) electrons. The molecular formula is C28H26N2O5. The lowest BCUT2D eigenvalue weighted by atomic mass is 9.74. The minimum absolute atomic E-state index is 0.256. The Morgan fingerprint density at radius 2 is 1.83 bits per heavy atom. The van der Waals surface area contributed by atoms with Crippen LogP contribution in [0.1, 0.15) is 40.4 Å². The van der Waals surface area contributed by atoms with Crippen LogP contribution in [0.25, 0.3) is 0 Å². The lowest BCUT2D eigenvalue weighted by molar-refractivity contribution is -0.140. The summed E-state index contributed by atoms with van der Waals surface area (Å²) in [5.74, 6) is -0.643. The van der Waals surface area contributed by atoms with Gasteiger partial charge in [-0.25, -0.2) is 0 Å². The summed E-state index contributed by atoms with van der Waals surface area (Å²) in [7, 11) is 3.10. The average molecular weight is 471 g/mol. The Balaban J connectivity index is 1.66. The van der Waals surface area contributed by atoms with Gasteiger partial charge in [0.25, 0.3) is 11.5 Å². The minimum Gasteiger partial charge on any atom is -0.497 e. The van der Waals surface area contributed by atoms with Crippen LogP contribution in [0.5, 0.6) is 11.5 Å². The summed E-state index contributed by atoms with van der Waals surface area (Å²) in [6, 6.07) is 20.0. The molecule has 2 heterocycles. The highest BCUT2D eigenvalue weighted by Gasteiger charge is 2.63. The van der Waals surface area contributed by atoms with Gasteiger partial charge >= 0.3 is 0 Å². The molecule has 0 aromatic heterocycles. The van der Waals surface area contributed by atoms with Crippen molar-refractivity contribution in [2.45, 2.75) is 25.4 Å². The maximum atomic E-state index is 14.1. The summed E-state index contributed by atoms with van der Waals surface area (Å²) < 4.78 is 10.9. The molecule has 0 aliphatic carbocycles. The van der Waals surface area contributed by atoms with E-state index in [9.17, 15) is 9.59 Å². The van der Waals surface area contributed by atoms with Crippen LogP contribution in [0.2, 0.25) is 0 Å². The monoisotopic (exact) mass is 470 g/mol. The van der Waals surface area contributed by atoms with Gasteiger partial charge in [0.2, 0.25) is 0 Å². The molecule has 2 aliphatic rings. The summed E-state index contributed by atoms with van der Waals surface area (Å²) in [5.41, 5.74) is 2.09. The van der Waals surface area contributed by atoms with Gasteiger partial charge < -0.3 is 19.6 Å². The van der Waals surface area contributed by atoms with E-state index in [1.54, 1.807) is 49.6 Å². The summed E-state index contributed by atoms with van der Waals surface area (Å²) in [6.45, 7) is 2.11. The zero-order valence-corrected chi connectivity index (χ0v) is 19.8. The number of aryl methyl sites for hydroxylation is 1. The number of fused-ring (bicyclic) bond motifs is 2. The van der Waals surface area contributed by atoms with Crippen molar-refractivity contribution in [1.29, 1.82) is 0 Å². The zero-order chi connectivity index (χ0) is 24.6. The third-order valence-electron chi connectivity index (χ3n) is 6.60. The van der Waals surface area contributed by atoms with Crippen LogP contribution < -0.4 is 14.8 Å². The molecule has 0 unspecified atom stereocenters. The van der Waals surface area contributed by atoms with Gasteiger partial charge in [-0.05, 0) is 30.2 Å². The molecule has 3 aromatic carbocycles. The van der Waals surface area contributed by atoms with Crippen LogP contribution in [-0.2, 0) is 21.7 Å². The molecule has 7 heteroatoms. The molecule has 0 saturated carbocycles. The standard InChI is InChI=1S/C28H26N2O5/c1-4-7-17-10-12-18(13-11-17)26(31)24-25(20-15-14-19(33-2)16-23(20)34-3)30-35-28(24)21-8-5-6-9-22(21)29-27(28)32/h5-6,8-16,24H,4,7H2,1-3H3,(H,29,32)/t24-,28-/m0/s1. The SMILES string of the molecule is CCCc1ccc(C(=O)[C@@H]2C(c3ccc(OC)cc3OC)=NO[C@]23C(=O)Nc2ccccc23)cc1. The number of methoxy groups -OCH3 is 2. The largest absolute Gasteiger partial charge is 0.497 e. The highest BCUT2D eigenvalue weighted by molar-refractivity contribution is 6.25. The first-order valence-electron chi connectivity index (χ1n) is 11.6. The lowest BCUT2D eigenvalue weighted by Crippen LogP contribution is -2.46. The van der Waals surface area contributed by atoms with Crippen LogP contribution in [0.3, 0.4) is 0 Å². The van der Waals surface area contributed by atoms with Crippen LogP contribution >= 0.6 is 0 Å². The first-order valence-corrected chi connectivity index (χ1v) is 11.6. The molecule has 7 nitrogen and oxygen atoms in total. The Labute approximate surface area is 203 Å². The number of nitrogens with zero attached hydrogens (tertiary/aromatic N) is 1. The van der Waals surface area contributed by atoms with Crippen molar-refractivity contribution in [3.63, 3.8) is 0 Å². The number of oxime groups is 1. The second kappa shape index (κ2) is 8.91. The number of ether oxygens (including phenoxy) is 2. The van der Waals surface area contributed by atoms with Crippen molar-refractivity contribution in [3.05, 3.63) is 89.0 Å². The van der Waals surface area contributed by atoms with E-state index in [1.807, 2.05) is 24.3 Å². The Kier molecular flexibility index (Phi) is 5.76. The van der Waals surface area contributed by atoms with Gasteiger partial charge in [0.15, 0.2) is 5.78 Å². The third-order valence-corrected chi connectivity index (χ3v) is 6.60. The summed E-state index contributed by atoms with van der Waals surface area (Å²) >= 11 is 0. The molecule has 178 valence electrons. The zero-order valence-electron chi connectivity index (χ0n) is 19.8. The Morgan fingerprint density at radius 1 is 1.06 bits per heavy atom. The van der Waals surface area contributed by atoms with E-state index in [0.717, 1.165) is 18.4 Å². The first-order chi connectivity index (χ1) is 17.0. The fraction of sp³-hybridized carbons (Fsp3) is 0.250. The van der Waals surface area contributed by atoms with E-state index in [0.29, 0.717) is 39.6 Å². The number of carbonyl (C=O) groups excluding carboxylic acids is 2. The normalized spacial score (nSPS) is 20.1. The molecule has 0 saturated heterocycles. The number of ketones is 1. The molecule has 1 spiro atoms. The van der Waals surface area contributed by atoms with Gasteiger partial charge in [-0.3, -0.25) is 9.59 Å². The van der Waals surface area contributed by atoms with Crippen molar-refractivity contribution >= 4 is 23.1 Å². The third kappa shape index (κ3) is 3.55. The molecule has 0 fully saturated rings. The molecule has 2 atom stereocenters. The maximum absolute atomic E-state index is 14.1. The molecule has 3 aromatic rings. The van der Waals surface area contributed by atoms with Gasteiger partial charge in [-0.1, -0.05) is 61.0 Å². The number of hydrogen-bond donors (Lipinski definition) is 1. The van der Waals surface area contributed by atoms with Crippen molar-refractivity contribution in [2.24, 2.45) is 11.1 Å². The van der Waals surface area contributed by atoms with Crippen molar-refractivity contribution < 1.29 is 23.9 Å². The van der Waals surface area contributed by atoms with Gasteiger partial charge in [-0.2, -0.15) is 0 Å². The Morgan fingerprint density at radius 3 is 2.54 bits per heavy atom. The van der Waals surface area contributed by atoms with Crippen LogP contribution in [0, 0.1) is 5.92 Å². The topological polar surface area (TPSA) is 86.2 Å². The second-order valence-electron chi connectivity index (χ2n) is 8.61. The molecule has 0 bridgehead atoms. The van der Waals surface area contributed by atoms with Crippen LogP contribution in [0.15, 0.2) is 71.9 Å². The number of para-hydroxylation sites is 1. The number of anilines is 1. The van der Waals surface area contributed by atoms with E-state index >= 15 is 0 Å². The van der Waals surface area contributed by atoms with E-state index in [-0.39, 0.29) is 5.78 Å². The Bertz CT molecular complexity index is 1330. The average Bonchev–Trinajstić information content (AvgIpc) is 3.42. The van der Waals surface area contributed by atoms with Crippen molar-refractivity contribution in [3.8, 4) is 11.5 Å². The summed E-state index contributed by atoms with van der Waals surface area (Å²) in [6.07, 6.45) is 1.94. The number of rotatable bonds is 7. The predicted molar refractivity (Wildman–Crippen MR) is 132 cm³/mol. The molecule has 2 aliphatic heterocycles. The summed E-state index contributed by atoms with van der Waals surface area (Å²) in [4.78, 5) is 33.5. The fourth-order valence-corrected chi connectivity index (χ4v) is 4.86. The number of benzene rings is 3. The molecule has 35 heavy (non-hydrogen) atoms. The van der Waals surface area contributed by atoms with Crippen molar-refractivity contribution in [2.75, 3.05) is 19.5 Å². The second-order valence-corrected chi connectivity index (χ2v) is 8.61. The van der Waals surface area contributed by atoms with Gasteiger partial charge in [0.1, 0.15) is 23.1 Å². The van der Waals surface area contributed by atoms with Gasteiger partial charge in [0.05, 0.1) is 14.2 Å². The number of amides is 1.